The first-order valence-electron chi connectivity index (χ1n) is 9.09. The Labute approximate surface area is 151 Å². The Hall–Kier alpha value is -1.69. The normalized spacial score (nSPS) is 21.3. The average Bonchev–Trinajstić information content (AvgIpc) is 3.04. The number of carbonyl (C=O) groups excluding carboxylic acids is 1. The van der Waals surface area contributed by atoms with Crippen LogP contribution in [0.4, 0.5) is 0 Å². The molecule has 1 aromatic carbocycles. The van der Waals surface area contributed by atoms with E-state index in [0.29, 0.717) is 25.2 Å². The van der Waals surface area contributed by atoms with E-state index in [0.717, 1.165) is 19.5 Å². The van der Waals surface area contributed by atoms with E-state index in [1.807, 2.05) is 18.2 Å². The molecule has 1 saturated heterocycles. The van der Waals surface area contributed by atoms with Gasteiger partial charge in [0.05, 0.1) is 12.6 Å². The zero-order valence-corrected chi connectivity index (χ0v) is 15.6. The Morgan fingerprint density at radius 3 is 2.80 bits per heavy atom. The maximum absolute atomic E-state index is 12.4. The molecule has 0 bridgehead atoms. The summed E-state index contributed by atoms with van der Waals surface area (Å²) < 4.78 is 5.00. The van der Waals surface area contributed by atoms with Crippen molar-refractivity contribution in [2.45, 2.75) is 38.4 Å². The third kappa shape index (κ3) is 6.27. The summed E-state index contributed by atoms with van der Waals surface area (Å²) in [4.78, 5) is 14.7. The molecule has 2 atom stereocenters. The first kappa shape index (κ1) is 19.6. The molecule has 5 heteroatoms. The number of likely N-dealkylation sites (tertiary alicyclic amines) is 1. The molecule has 0 aromatic heterocycles. The molecule has 1 aliphatic heterocycles. The van der Waals surface area contributed by atoms with E-state index in [1.54, 1.807) is 7.11 Å². The van der Waals surface area contributed by atoms with Crippen LogP contribution in [0.15, 0.2) is 36.4 Å². The van der Waals surface area contributed by atoms with Gasteiger partial charge in [-0.15, -0.1) is 0 Å². The van der Waals surface area contributed by atoms with Gasteiger partial charge in [0.25, 0.3) is 0 Å². The van der Waals surface area contributed by atoms with E-state index in [1.165, 1.54) is 5.56 Å². The summed E-state index contributed by atoms with van der Waals surface area (Å²) in [5.41, 5.74) is 1.20. The van der Waals surface area contributed by atoms with Gasteiger partial charge >= 0.3 is 0 Å². The van der Waals surface area contributed by atoms with E-state index in [2.05, 4.69) is 53.7 Å². The van der Waals surface area contributed by atoms with Gasteiger partial charge in [-0.25, -0.2) is 0 Å². The lowest BCUT2D eigenvalue weighted by Crippen LogP contribution is -2.46. The Kier molecular flexibility index (Phi) is 8.12. The van der Waals surface area contributed by atoms with Crippen molar-refractivity contribution in [3.05, 3.63) is 42.0 Å². The maximum atomic E-state index is 12.4. The van der Waals surface area contributed by atoms with Gasteiger partial charge in [0.15, 0.2) is 0 Å². The molecule has 0 aliphatic carbocycles. The Morgan fingerprint density at radius 2 is 2.12 bits per heavy atom. The molecule has 0 unspecified atom stereocenters. The fourth-order valence-corrected chi connectivity index (χ4v) is 3.23. The molecule has 1 amide bonds. The molecule has 2 N–H and O–H groups in total. The van der Waals surface area contributed by atoms with Crippen LogP contribution in [-0.4, -0.2) is 62.3 Å². The van der Waals surface area contributed by atoms with Crippen molar-refractivity contribution < 1.29 is 9.53 Å². The van der Waals surface area contributed by atoms with E-state index in [4.69, 9.17) is 4.74 Å². The molecule has 5 nitrogen and oxygen atoms in total. The maximum Gasteiger partial charge on any atom is 0.237 e. The van der Waals surface area contributed by atoms with Gasteiger partial charge in [-0.3, -0.25) is 9.69 Å². The van der Waals surface area contributed by atoms with Crippen molar-refractivity contribution in [1.82, 2.24) is 15.5 Å². The van der Waals surface area contributed by atoms with Gasteiger partial charge in [0.1, 0.15) is 0 Å². The zero-order chi connectivity index (χ0) is 18.1. The lowest BCUT2D eigenvalue weighted by molar-refractivity contribution is -0.126. The highest BCUT2D eigenvalue weighted by Gasteiger charge is 2.37. The van der Waals surface area contributed by atoms with Crippen LogP contribution in [0.2, 0.25) is 0 Å². The van der Waals surface area contributed by atoms with E-state index in [-0.39, 0.29) is 11.9 Å². The molecule has 25 heavy (non-hydrogen) atoms. The quantitative estimate of drug-likeness (QED) is 0.671. The molecule has 1 heterocycles. The number of nitrogens with one attached hydrogen (secondary N) is 2. The highest BCUT2D eigenvalue weighted by atomic mass is 16.5. The SMILES string of the molecule is COCCNC(=O)[C@@H]1C[C@@H](NC/C=C/c2ccccc2)CN1C(C)C. The fraction of sp³-hybridized carbons (Fsp3) is 0.550. The van der Waals surface area contributed by atoms with Crippen LogP contribution in [0.1, 0.15) is 25.8 Å². The molecule has 0 radical (unpaired) electrons. The monoisotopic (exact) mass is 345 g/mol. The van der Waals surface area contributed by atoms with Crippen LogP contribution < -0.4 is 10.6 Å². The molecular formula is C20H31N3O2. The van der Waals surface area contributed by atoms with E-state index in [9.17, 15) is 4.79 Å². The summed E-state index contributed by atoms with van der Waals surface area (Å²) in [5.74, 6) is 0.106. The van der Waals surface area contributed by atoms with Crippen LogP contribution in [0.3, 0.4) is 0 Å². The molecule has 0 saturated carbocycles. The number of hydrogen-bond donors (Lipinski definition) is 2. The fourth-order valence-electron chi connectivity index (χ4n) is 3.23. The molecule has 1 aliphatic rings. The third-order valence-corrected chi connectivity index (χ3v) is 4.54. The van der Waals surface area contributed by atoms with Crippen LogP contribution in [0, 0.1) is 0 Å². The molecule has 1 fully saturated rings. The summed E-state index contributed by atoms with van der Waals surface area (Å²) in [6.07, 6.45) is 5.11. The Balaban J connectivity index is 1.82. The highest BCUT2D eigenvalue weighted by molar-refractivity contribution is 5.82. The number of methoxy groups -OCH3 is 1. The van der Waals surface area contributed by atoms with Gasteiger partial charge in [-0.05, 0) is 25.8 Å². The number of amides is 1. The van der Waals surface area contributed by atoms with Crippen LogP contribution >= 0.6 is 0 Å². The van der Waals surface area contributed by atoms with Gasteiger partial charge < -0.3 is 15.4 Å². The third-order valence-electron chi connectivity index (χ3n) is 4.54. The van der Waals surface area contributed by atoms with Crippen molar-refractivity contribution in [2.75, 3.05) is 33.4 Å². The van der Waals surface area contributed by atoms with E-state index >= 15 is 0 Å². The summed E-state index contributed by atoms with van der Waals surface area (Å²) in [7, 11) is 1.64. The van der Waals surface area contributed by atoms with Gasteiger partial charge in [-0.2, -0.15) is 0 Å². The largest absolute Gasteiger partial charge is 0.383 e. The van der Waals surface area contributed by atoms with Crippen LogP contribution in [-0.2, 0) is 9.53 Å². The minimum absolute atomic E-state index is 0.0625. The minimum atomic E-state index is -0.0625. The van der Waals surface area contributed by atoms with Gasteiger partial charge in [0.2, 0.25) is 5.91 Å². The predicted octanol–water partition coefficient (Wildman–Crippen LogP) is 1.90. The zero-order valence-electron chi connectivity index (χ0n) is 15.6. The second-order valence-electron chi connectivity index (χ2n) is 6.74. The van der Waals surface area contributed by atoms with Gasteiger partial charge in [-0.1, -0.05) is 42.5 Å². The lowest BCUT2D eigenvalue weighted by atomic mass is 10.1. The first-order chi connectivity index (χ1) is 12.1. The standard InChI is InChI=1S/C20H31N3O2/c1-16(2)23-15-18(14-19(23)20(24)22-12-13-25-3)21-11-7-10-17-8-5-4-6-9-17/h4-10,16,18-19,21H,11-15H2,1-3H3,(H,22,24)/b10-7+/t18-,19+/m1/s1. The van der Waals surface area contributed by atoms with Crippen molar-refractivity contribution in [2.24, 2.45) is 0 Å². The smallest absolute Gasteiger partial charge is 0.237 e. The van der Waals surface area contributed by atoms with Crippen molar-refractivity contribution in [3.8, 4) is 0 Å². The number of benzene rings is 1. The Bertz CT molecular complexity index is 545. The molecule has 2 rings (SSSR count). The topological polar surface area (TPSA) is 53.6 Å². The number of carbonyl (C=O) groups is 1. The minimum Gasteiger partial charge on any atom is -0.383 e. The van der Waals surface area contributed by atoms with E-state index < -0.39 is 0 Å². The van der Waals surface area contributed by atoms with Crippen LogP contribution in [0.25, 0.3) is 6.08 Å². The van der Waals surface area contributed by atoms with Crippen molar-refractivity contribution in [3.63, 3.8) is 0 Å². The summed E-state index contributed by atoms with van der Waals surface area (Å²) >= 11 is 0. The summed E-state index contributed by atoms with van der Waals surface area (Å²) in [5, 5.41) is 6.53. The lowest BCUT2D eigenvalue weighted by Gasteiger charge is -2.27. The highest BCUT2D eigenvalue weighted by Crippen LogP contribution is 2.20. The number of ether oxygens (including phenoxy) is 1. The van der Waals surface area contributed by atoms with Crippen molar-refractivity contribution >= 4 is 12.0 Å². The summed E-state index contributed by atoms with van der Waals surface area (Å²) in [6, 6.07) is 10.9. The number of rotatable bonds is 9. The first-order valence-corrected chi connectivity index (χ1v) is 9.09. The number of nitrogens with zero attached hydrogens (tertiary/aromatic N) is 1. The number of hydrogen-bond acceptors (Lipinski definition) is 4. The molecule has 138 valence electrons. The second kappa shape index (κ2) is 10.3. The molecule has 1 aromatic rings. The Morgan fingerprint density at radius 1 is 1.36 bits per heavy atom. The second-order valence-corrected chi connectivity index (χ2v) is 6.74. The molecular weight excluding hydrogens is 314 g/mol. The average molecular weight is 345 g/mol. The van der Waals surface area contributed by atoms with Crippen molar-refractivity contribution in [1.29, 1.82) is 0 Å². The predicted molar refractivity (Wildman–Crippen MR) is 102 cm³/mol. The summed E-state index contributed by atoms with van der Waals surface area (Å²) in [6.45, 7) is 7.12. The van der Waals surface area contributed by atoms with Gasteiger partial charge in [0, 0.05) is 38.8 Å². The van der Waals surface area contributed by atoms with Crippen LogP contribution in [0.5, 0.6) is 0 Å². The molecule has 0 spiro atoms.